The fraction of sp³-hybridized carbons (Fsp3) is 0.308. The molecule has 0 saturated carbocycles. The number of aliphatic hydroxyl groups is 1. The highest BCUT2D eigenvalue weighted by molar-refractivity contribution is 7.11. The van der Waals surface area contributed by atoms with Gasteiger partial charge in [-0.05, 0) is 19.4 Å². The maximum atomic E-state index is 9.09. The predicted molar refractivity (Wildman–Crippen MR) is 66.8 cm³/mol. The lowest BCUT2D eigenvalue weighted by Gasteiger charge is -1.99. The van der Waals surface area contributed by atoms with Crippen molar-refractivity contribution in [1.29, 1.82) is 0 Å². The molecule has 2 nitrogen and oxygen atoms in total. The van der Waals surface area contributed by atoms with Crippen LogP contribution in [-0.2, 0) is 13.0 Å². The number of hydrogen-bond acceptors (Lipinski definition) is 3. The summed E-state index contributed by atoms with van der Waals surface area (Å²) in [6.07, 6.45) is 0.854. The molecule has 16 heavy (non-hydrogen) atoms. The third-order valence-electron chi connectivity index (χ3n) is 2.52. The minimum Gasteiger partial charge on any atom is -0.390 e. The summed E-state index contributed by atoms with van der Waals surface area (Å²) in [5.74, 6) is 0. The van der Waals surface area contributed by atoms with Crippen LogP contribution in [0.2, 0.25) is 0 Å². The van der Waals surface area contributed by atoms with Gasteiger partial charge in [0.1, 0.15) is 0 Å². The predicted octanol–water partition coefficient (Wildman–Crippen LogP) is 2.84. The molecule has 0 amide bonds. The van der Waals surface area contributed by atoms with Crippen LogP contribution in [0.4, 0.5) is 0 Å². The van der Waals surface area contributed by atoms with Crippen molar-refractivity contribution in [2.24, 2.45) is 0 Å². The number of rotatable bonds is 3. The molecule has 0 bridgehead atoms. The van der Waals surface area contributed by atoms with Gasteiger partial charge in [-0.3, -0.25) is 0 Å². The first-order valence-electron chi connectivity index (χ1n) is 5.30. The minimum absolute atomic E-state index is 0.0378. The second-order valence-electron chi connectivity index (χ2n) is 3.93. The van der Waals surface area contributed by atoms with Crippen molar-refractivity contribution >= 4 is 11.3 Å². The lowest BCUT2D eigenvalue weighted by atomic mass is 10.1. The summed E-state index contributed by atoms with van der Waals surface area (Å²) < 4.78 is 0. The number of hydrogen-bond donors (Lipinski definition) is 1. The molecule has 0 atom stereocenters. The van der Waals surface area contributed by atoms with Gasteiger partial charge in [0.05, 0.1) is 17.3 Å². The Kier molecular flexibility index (Phi) is 3.36. The summed E-state index contributed by atoms with van der Waals surface area (Å²) >= 11 is 1.67. The summed E-state index contributed by atoms with van der Waals surface area (Å²) in [5.41, 5.74) is 3.36. The number of aliphatic hydroxyl groups excluding tert-OH is 1. The average Bonchev–Trinajstić information content (AvgIpc) is 2.58. The molecular formula is C13H15NOS. The second-order valence-corrected chi connectivity index (χ2v) is 5.22. The van der Waals surface area contributed by atoms with Gasteiger partial charge in [0.25, 0.3) is 0 Å². The molecule has 84 valence electrons. The van der Waals surface area contributed by atoms with Gasteiger partial charge in [0.2, 0.25) is 0 Å². The Morgan fingerprint density at radius 2 is 2.12 bits per heavy atom. The maximum Gasteiger partial charge on any atom is 0.0975 e. The molecule has 1 aromatic carbocycles. The van der Waals surface area contributed by atoms with Crippen LogP contribution in [0.5, 0.6) is 0 Å². The first-order chi connectivity index (χ1) is 7.69. The Bertz CT molecular complexity index is 490. The molecule has 0 aliphatic heterocycles. The number of thiazole rings is 1. The lowest BCUT2D eigenvalue weighted by molar-refractivity contribution is 0.276. The molecule has 1 heterocycles. The SMILES string of the molecule is Cc1cccc(Cc2nc(CO)c(C)s2)c1. The normalized spacial score (nSPS) is 10.7. The third kappa shape index (κ3) is 2.49. The zero-order chi connectivity index (χ0) is 11.5. The van der Waals surface area contributed by atoms with E-state index in [-0.39, 0.29) is 6.61 Å². The van der Waals surface area contributed by atoms with Crippen molar-refractivity contribution in [2.45, 2.75) is 26.9 Å². The minimum atomic E-state index is 0.0378. The Balaban J connectivity index is 2.20. The molecule has 0 aliphatic rings. The molecule has 1 aromatic heterocycles. The van der Waals surface area contributed by atoms with Crippen LogP contribution in [0, 0.1) is 13.8 Å². The molecule has 0 fully saturated rings. The van der Waals surface area contributed by atoms with Gasteiger partial charge in [-0.1, -0.05) is 29.8 Å². The highest BCUT2D eigenvalue weighted by Crippen LogP contribution is 2.20. The van der Waals surface area contributed by atoms with Crippen LogP contribution in [0.1, 0.15) is 26.7 Å². The monoisotopic (exact) mass is 233 g/mol. The van der Waals surface area contributed by atoms with Crippen LogP contribution >= 0.6 is 11.3 Å². The van der Waals surface area contributed by atoms with Gasteiger partial charge < -0.3 is 5.11 Å². The van der Waals surface area contributed by atoms with E-state index in [1.807, 2.05) is 6.92 Å². The molecule has 0 unspecified atom stereocenters. The van der Waals surface area contributed by atoms with E-state index in [0.29, 0.717) is 0 Å². The summed E-state index contributed by atoms with van der Waals surface area (Å²) in [6, 6.07) is 8.45. The molecule has 0 saturated heterocycles. The van der Waals surface area contributed by atoms with Crippen molar-refractivity contribution in [2.75, 3.05) is 0 Å². The molecule has 1 N–H and O–H groups in total. The number of aromatic nitrogens is 1. The van der Waals surface area contributed by atoms with Crippen molar-refractivity contribution in [3.05, 3.63) is 51.0 Å². The third-order valence-corrected chi connectivity index (χ3v) is 3.54. The quantitative estimate of drug-likeness (QED) is 0.884. The highest BCUT2D eigenvalue weighted by atomic mass is 32.1. The highest BCUT2D eigenvalue weighted by Gasteiger charge is 2.07. The van der Waals surface area contributed by atoms with Crippen molar-refractivity contribution in [3.63, 3.8) is 0 Å². The van der Waals surface area contributed by atoms with Crippen LogP contribution in [0.3, 0.4) is 0 Å². The Morgan fingerprint density at radius 1 is 1.31 bits per heavy atom. The zero-order valence-corrected chi connectivity index (χ0v) is 10.3. The second kappa shape index (κ2) is 4.76. The first-order valence-corrected chi connectivity index (χ1v) is 6.12. The number of aryl methyl sites for hydroxylation is 2. The van der Waals surface area contributed by atoms with Crippen molar-refractivity contribution in [3.8, 4) is 0 Å². The van der Waals surface area contributed by atoms with Gasteiger partial charge in [-0.15, -0.1) is 11.3 Å². The smallest absolute Gasteiger partial charge is 0.0975 e. The van der Waals surface area contributed by atoms with E-state index in [0.717, 1.165) is 22.0 Å². The fourth-order valence-electron chi connectivity index (χ4n) is 1.71. The van der Waals surface area contributed by atoms with Crippen molar-refractivity contribution < 1.29 is 5.11 Å². The van der Waals surface area contributed by atoms with Gasteiger partial charge in [0, 0.05) is 11.3 Å². The average molecular weight is 233 g/mol. The summed E-state index contributed by atoms with van der Waals surface area (Å²) in [5, 5.41) is 10.2. The van der Waals surface area contributed by atoms with Gasteiger partial charge in [-0.25, -0.2) is 4.98 Å². The van der Waals surface area contributed by atoms with E-state index in [2.05, 4.69) is 36.2 Å². The van der Waals surface area contributed by atoms with E-state index in [9.17, 15) is 0 Å². The van der Waals surface area contributed by atoms with Gasteiger partial charge in [-0.2, -0.15) is 0 Å². The number of benzene rings is 1. The van der Waals surface area contributed by atoms with Crippen LogP contribution in [0.15, 0.2) is 24.3 Å². The maximum absolute atomic E-state index is 9.09. The Hall–Kier alpha value is -1.19. The molecule has 0 radical (unpaired) electrons. The zero-order valence-electron chi connectivity index (χ0n) is 9.53. The topological polar surface area (TPSA) is 33.1 Å². The van der Waals surface area contributed by atoms with Crippen LogP contribution in [0.25, 0.3) is 0 Å². The molecular weight excluding hydrogens is 218 g/mol. The summed E-state index contributed by atoms with van der Waals surface area (Å²) in [4.78, 5) is 5.54. The Morgan fingerprint density at radius 3 is 2.75 bits per heavy atom. The van der Waals surface area contributed by atoms with E-state index in [4.69, 9.17) is 5.11 Å². The molecule has 0 aliphatic carbocycles. The van der Waals surface area contributed by atoms with Crippen LogP contribution < -0.4 is 0 Å². The van der Waals surface area contributed by atoms with Gasteiger partial charge in [0.15, 0.2) is 0 Å². The summed E-state index contributed by atoms with van der Waals surface area (Å²) in [6.45, 7) is 4.13. The Labute approximate surface area is 99.6 Å². The summed E-state index contributed by atoms with van der Waals surface area (Å²) in [7, 11) is 0. The molecule has 3 heteroatoms. The van der Waals surface area contributed by atoms with E-state index < -0.39 is 0 Å². The van der Waals surface area contributed by atoms with E-state index in [1.165, 1.54) is 11.1 Å². The largest absolute Gasteiger partial charge is 0.390 e. The van der Waals surface area contributed by atoms with Crippen molar-refractivity contribution in [1.82, 2.24) is 4.98 Å². The standard InChI is InChI=1S/C13H15NOS/c1-9-4-3-5-11(6-9)7-13-14-12(8-15)10(2)16-13/h3-6,15H,7-8H2,1-2H3. The number of nitrogens with zero attached hydrogens (tertiary/aromatic N) is 1. The van der Waals surface area contributed by atoms with Gasteiger partial charge >= 0.3 is 0 Å². The molecule has 2 aromatic rings. The fourth-order valence-corrected chi connectivity index (χ4v) is 2.68. The van der Waals surface area contributed by atoms with E-state index >= 15 is 0 Å². The molecule has 2 rings (SSSR count). The van der Waals surface area contributed by atoms with E-state index in [1.54, 1.807) is 11.3 Å². The lowest BCUT2D eigenvalue weighted by Crippen LogP contribution is -1.90. The molecule has 0 spiro atoms. The first kappa shape index (κ1) is 11.3. The van der Waals surface area contributed by atoms with Crippen LogP contribution in [-0.4, -0.2) is 10.1 Å².